The third kappa shape index (κ3) is 2.79. The van der Waals surface area contributed by atoms with Gasteiger partial charge in [0.2, 0.25) is 5.88 Å². The van der Waals surface area contributed by atoms with Gasteiger partial charge in [0.05, 0.1) is 25.9 Å². The van der Waals surface area contributed by atoms with Gasteiger partial charge in [0.1, 0.15) is 5.69 Å². The molecule has 100 valence electrons. The highest BCUT2D eigenvalue weighted by atomic mass is 16.5. The smallest absolute Gasteiger partial charge is 0.237 e. The van der Waals surface area contributed by atoms with Gasteiger partial charge >= 0.3 is 0 Å². The van der Waals surface area contributed by atoms with E-state index < -0.39 is 0 Å². The molecule has 1 aliphatic heterocycles. The summed E-state index contributed by atoms with van der Waals surface area (Å²) in [4.78, 5) is 8.66. The van der Waals surface area contributed by atoms with Crippen molar-refractivity contribution in [3.8, 4) is 5.88 Å². The molecule has 5 heteroatoms. The van der Waals surface area contributed by atoms with Crippen LogP contribution >= 0.6 is 0 Å². The monoisotopic (exact) mass is 251 g/mol. The van der Waals surface area contributed by atoms with Crippen LogP contribution in [0.1, 0.15) is 32.0 Å². The lowest BCUT2D eigenvalue weighted by atomic mass is 9.94. The van der Waals surface area contributed by atoms with Crippen molar-refractivity contribution in [3.05, 3.63) is 18.1 Å². The average Bonchev–Trinajstić information content (AvgIpc) is 2.82. The number of ether oxygens (including phenoxy) is 2. The van der Waals surface area contributed by atoms with Gasteiger partial charge in [-0.15, -0.1) is 0 Å². The molecule has 1 aliphatic rings. The lowest BCUT2D eigenvalue weighted by molar-refractivity contribution is 0.116. The first-order valence-electron chi connectivity index (χ1n) is 6.46. The molecule has 0 radical (unpaired) electrons. The van der Waals surface area contributed by atoms with Crippen LogP contribution in [0.4, 0.5) is 0 Å². The summed E-state index contributed by atoms with van der Waals surface area (Å²) in [6.45, 7) is 5.85. The SMILES string of the molecule is CCNC(c1nccnc1OC)C1COC(C)C1. The number of methoxy groups -OCH3 is 1. The number of hydrogen-bond acceptors (Lipinski definition) is 5. The van der Waals surface area contributed by atoms with Crippen LogP contribution in [0.3, 0.4) is 0 Å². The Morgan fingerprint density at radius 2 is 2.28 bits per heavy atom. The molecule has 2 heterocycles. The van der Waals surface area contributed by atoms with Crippen molar-refractivity contribution in [3.63, 3.8) is 0 Å². The van der Waals surface area contributed by atoms with E-state index in [-0.39, 0.29) is 6.04 Å². The van der Waals surface area contributed by atoms with E-state index in [9.17, 15) is 0 Å². The van der Waals surface area contributed by atoms with Crippen LogP contribution in [0, 0.1) is 5.92 Å². The molecular formula is C13H21N3O2. The molecule has 1 aromatic heterocycles. The van der Waals surface area contributed by atoms with Crippen molar-refractivity contribution in [1.29, 1.82) is 0 Å². The summed E-state index contributed by atoms with van der Waals surface area (Å²) >= 11 is 0. The molecule has 0 saturated carbocycles. The molecule has 0 spiro atoms. The molecule has 2 rings (SSSR count). The van der Waals surface area contributed by atoms with Crippen molar-refractivity contribution < 1.29 is 9.47 Å². The molecule has 1 aromatic rings. The van der Waals surface area contributed by atoms with Crippen LogP contribution in [-0.2, 0) is 4.74 Å². The molecule has 1 saturated heterocycles. The predicted octanol–water partition coefficient (Wildman–Crippen LogP) is 1.56. The summed E-state index contributed by atoms with van der Waals surface area (Å²) in [7, 11) is 1.63. The molecular weight excluding hydrogens is 230 g/mol. The second-order valence-corrected chi connectivity index (χ2v) is 4.63. The summed E-state index contributed by atoms with van der Waals surface area (Å²) in [6, 6.07) is 0.142. The lowest BCUT2D eigenvalue weighted by Gasteiger charge is -2.23. The van der Waals surface area contributed by atoms with Crippen molar-refractivity contribution in [2.24, 2.45) is 5.92 Å². The van der Waals surface area contributed by atoms with Gasteiger partial charge in [-0.1, -0.05) is 6.92 Å². The maximum Gasteiger partial charge on any atom is 0.237 e. The Morgan fingerprint density at radius 1 is 1.50 bits per heavy atom. The molecule has 18 heavy (non-hydrogen) atoms. The minimum absolute atomic E-state index is 0.142. The van der Waals surface area contributed by atoms with Crippen LogP contribution in [0.5, 0.6) is 5.88 Å². The summed E-state index contributed by atoms with van der Waals surface area (Å²) in [6.07, 6.45) is 4.72. The van der Waals surface area contributed by atoms with Gasteiger partial charge in [0.25, 0.3) is 0 Å². The Balaban J connectivity index is 2.23. The van der Waals surface area contributed by atoms with Crippen LogP contribution in [0.2, 0.25) is 0 Å². The zero-order valence-electron chi connectivity index (χ0n) is 11.2. The van der Waals surface area contributed by atoms with E-state index in [2.05, 4.69) is 29.1 Å². The largest absolute Gasteiger partial charge is 0.480 e. The fourth-order valence-corrected chi connectivity index (χ4v) is 2.50. The topological polar surface area (TPSA) is 56.3 Å². The third-order valence-electron chi connectivity index (χ3n) is 3.30. The first kappa shape index (κ1) is 13.2. The van der Waals surface area contributed by atoms with E-state index in [1.165, 1.54) is 0 Å². The molecule has 0 aliphatic carbocycles. The molecule has 0 aromatic carbocycles. The van der Waals surface area contributed by atoms with Crippen molar-refractivity contribution in [1.82, 2.24) is 15.3 Å². The zero-order valence-corrected chi connectivity index (χ0v) is 11.2. The average molecular weight is 251 g/mol. The summed E-state index contributed by atoms with van der Waals surface area (Å²) in [5.41, 5.74) is 0.879. The van der Waals surface area contributed by atoms with Gasteiger partial charge in [-0.2, -0.15) is 0 Å². The number of aromatic nitrogens is 2. The van der Waals surface area contributed by atoms with Crippen molar-refractivity contribution in [2.75, 3.05) is 20.3 Å². The summed E-state index contributed by atoms with van der Waals surface area (Å²) in [5, 5.41) is 3.47. The van der Waals surface area contributed by atoms with Crippen molar-refractivity contribution >= 4 is 0 Å². The maximum atomic E-state index is 5.66. The van der Waals surface area contributed by atoms with E-state index in [0.29, 0.717) is 17.9 Å². The van der Waals surface area contributed by atoms with Gasteiger partial charge in [-0.25, -0.2) is 4.98 Å². The minimum atomic E-state index is 0.142. The van der Waals surface area contributed by atoms with Crippen LogP contribution in [-0.4, -0.2) is 36.3 Å². The Bertz CT molecular complexity index is 386. The summed E-state index contributed by atoms with van der Waals surface area (Å²) < 4.78 is 11.0. The van der Waals surface area contributed by atoms with E-state index in [1.54, 1.807) is 19.5 Å². The zero-order chi connectivity index (χ0) is 13.0. The third-order valence-corrected chi connectivity index (χ3v) is 3.30. The molecule has 0 amide bonds. The molecule has 0 bridgehead atoms. The van der Waals surface area contributed by atoms with E-state index in [0.717, 1.165) is 25.3 Å². The molecule has 1 fully saturated rings. The maximum absolute atomic E-state index is 5.66. The van der Waals surface area contributed by atoms with E-state index >= 15 is 0 Å². The Labute approximate surface area is 108 Å². The highest BCUT2D eigenvalue weighted by molar-refractivity contribution is 5.22. The number of nitrogens with one attached hydrogen (secondary N) is 1. The predicted molar refractivity (Wildman–Crippen MR) is 68.5 cm³/mol. The molecule has 5 nitrogen and oxygen atoms in total. The molecule has 3 atom stereocenters. The Kier molecular flexibility index (Phi) is 4.49. The van der Waals surface area contributed by atoms with E-state index in [1.807, 2.05) is 0 Å². The molecule has 3 unspecified atom stereocenters. The van der Waals surface area contributed by atoms with Gasteiger partial charge in [0.15, 0.2) is 0 Å². The van der Waals surface area contributed by atoms with Crippen LogP contribution in [0.15, 0.2) is 12.4 Å². The first-order valence-corrected chi connectivity index (χ1v) is 6.46. The minimum Gasteiger partial charge on any atom is -0.480 e. The van der Waals surface area contributed by atoms with Crippen molar-refractivity contribution in [2.45, 2.75) is 32.4 Å². The molecule has 1 N–H and O–H groups in total. The number of nitrogens with zero attached hydrogens (tertiary/aromatic N) is 2. The Morgan fingerprint density at radius 3 is 2.89 bits per heavy atom. The van der Waals surface area contributed by atoms with Crippen LogP contribution < -0.4 is 10.1 Å². The van der Waals surface area contributed by atoms with Gasteiger partial charge in [-0.05, 0) is 19.9 Å². The standard InChI is InChI=1S/C13H21N3O2/c1-4-14-11(10-7-9(2)18-8-10)12-13(17-3)16-6-5-15-12/h5-6,9-11,14H,4,7-8H2,1-3H3. The summed E-state index contributed by atoms with van der Waals surface area (Å²) in [5.74, 6) is 1.02. The number of hydrogen-bond donors (Lipinski definition) is 1. The van der Waals surface area contributed by atoms with Gasteiger partial charge < -0.3 is 14.8 Å². The highest BCUT2D eigenvalue weighted by Gasteiger charge is 2.32. The number of rotatable bonds is 5. The van der Waals surface area contributed by atoms with Gasteiger partial charge in [0, 0.05) is 18.3 Å². The van der Waals surface area contributed by atoms with E-state index in [4.69, 9.17) is 9.47 Å². The second kappa shape index (κ2) is 6.11. The van der Waals surface area contributed by atoms with Gasteiger partial charge in [-0.3, -0.25) is 4.98 Å². The second-order valence-electron chi connectivity index (χ2n) is 4.63. The lowest BCUT2D eigenvalue weighted by Crippen LogP contribution is -2.30. The fourth-order valence-electron chi connectivity index (χ4n) is 2.50. The first-order chi connectivity index (χ1) is 8.76. The van der Waals surface area contributed by atoms with Crippen LogP contribution in [0.25, 0.3) is 0 Å². The highest BCUT2D eigenvalue weighted by Crippen LogP contribution is 2.33. The normalized spacial score (nSPS) is 25.1. The quantitative estimate of drug-likeness (QED) is 0.860. The fraction of sp³-hybridized carbons (Fsp3) is 0.692. The Hall–Kier alpha value is -1.20.